The Kier molecular flexibility index (Phi) is 16.0. The van der Waals surface area contributed by atoms with Crippen LogP contribution in [-0.4, -0.2) is 159 Å². The molecule has 59 heavy (non-hydrogen) atoms. The molecule has 7 rings (SSSR count). The van der Waals surface area contributed by atoms with Crippen molar-refractivity contribution in [1.82, 2.24) is 30.4 Å². The Bertz CT molecular complexity index is 1380. The molecular formula is C47H86N6O6. The van der Waals surface area contributed by atoms with Crippen LogP contribution in [0.25, 0.3) is 0 Å². The van der Waals surface area contributed by atoms with E-state index >= 15 is 0 Å². The molecule has 12 nitrogen and oxygen atoms in total. The summed E-state index contributed by atoms with van der Waals surface area (Å²) in [7, 11) is 14.8. The highest BCUT2D eigenvalue weighted by Crippen LogP contribution is 2.61. The van der Waals surface area contributed by atoms with Gasteiger partial charge in [0.05, 0.1) is 18.8 Å². The molecule has 1 saturated heterocycles. The lowest BCUT2D eigenvalue weighted by molar-refractivity contribution is -0.193. The second-order valence-electron chi connectivity index (χ2n) is 21.9. The molecule has 8 unspecified atom stereocenters. The Morgan fingerprint density at radius 1 is 0.915 bits per heavy atom. The first kappa shape index (κ1) is 47.1. The monoisotopic (exact) mass is 831 g/mol. The van der Waals surface area contributed by atoms with Crippen molar-refractivity contribution >= 4 is 11.8 Å². The molecule has 6 aliphatic carbocycles. The van der Waals surface area contributed by atoms with Crippen LogP contribution in [0.5, 0.6) is 0 Å². The summed E-state index contributed by atoms with van der Waals surface area (Å²) in [5.41, 5.74) is 0.313. The number of fused-ring (bicyclic) bond motifs is 2. The van der Waals surface area contributed by atoms with Gasteiger partial charge in [-0.1, -0.05) is 40.0 Å². The van der Waals surface area contributed by atoms with Gasteiger partial charge >= 0.3 is 0 Å². The Labute approximate surface area is 358 Å². The predicted octanol–water partition coefficient (Wildman–Crippen LogP) is 4.48. The number of hydrogen-bond donors (Lipinski definition) is 4. The lowest BCUT2D eigenvalue weighted by Crippen LogP contribution is -2.62. The lowest BCUT2D eigenvalue weighted by Gasteiger charge is -2.62. The van der Waals surface area contributed by atoms with Crippen LogP contribution < -0.4 is 10.6 Å². The van der Waals surface area contributed by atoms with Gasteiger partial charge in [0.25, 0.3) is 0 Å². The van der Waals surface area contributed by atoms with Gasteiger partial charge in [0.15, 0.2) is 0 Å². The minimum Gasteiger partial charge on any atom is -0.394 e. The second-order valence-corrected chi connectivity index (χ2v) is 21.9. The number of ether oxygens (including phenoxy) is 1. The normalized spacial score (nSPS) is 41.1. The Balaban J connectivity index is 1.16. The minimum absolute atomic E-state index is 0.0627. The zero-order chi connectivity index (χ0) is 42.9. The smallest absolute Gasteiger partial charge is 0.240 e. The number of carbonyl (C=O) groups excluding carboxylic acids is 2. The minimum atomic E-state index is -0.830. The molecular weight excluding hydrogens is 745 g/mol. The predicted molar refractivity (Wildman–Crippen MR) is 233 cm³/mol. The fraction of sp³-hybridized carbons (Fsp3) is 0.957. The first-order valence-corrected chi connectivity index (χ1v) is 23.8. The van der Waals surface area contributed by atoms with Gasteiger partial charge in [-0.3, -0.25) is 14.4 Å². The average Bonchev–Trinajstić information content (AvgIpc) is 3.56. The molecule has 4 N–H and O–H groups in total. The number of nitrogens with zero attached hydrogens (tertiary/aromatic N) is 4. The van der Waals surface area contributed by atoms with Crippen LogP contribution in [0.4, 0.5) is 0 Å². The summed E-state index contributed by atoms with van der Waals surface area (Å²) < 4.78 is 6.48. The van der Waals surface area contributed by atoms with Crippen molar-refractivity contribution in [2.24, 2.45) is 58.7 Å². The average molecular weight is 831 g/mol. The topological polar surface area (TPSA) is 130 Å². The van der Waals surface area contributed by atoms with Crippen molar-refractivity contribution < 1.29 is 29.4 Å². The molecule has 12 heteroatoms. The van der Waals surface area contributed by atoms with E-state index in [9.17, 15) is 19.8 Å². The van der Waals surface area contributed by atoms with E-state index in [0.717, 1.165) is 57.9 Å². The molecule has 0 radical (unpaired) electrons. The SMILES string of the molecule is COC1C(CN2O[C@@H](CO)[C@@H]([C@H](C)O)[C@H]2C(=O)N[C@H]2C[C@H]3C[C@@H]([C@@H]2C)C3(C)C)CCCC1C1CC(C(=O)N[C@@H](CC2CCCCC2N(C)C)CN(C)C)CC(N(C)C)C1. The third kappa shape index (κ3) is 10.4. The molecule has 340 valence electrons. The van der Waals surface area contributed by atoms with Crippen molar-refractivity contribution in [3.63, 3.8) is 0 Å². The molecule has 0 aromatic rings. The summed E-state index contributed by atoms with van der Waals surface area (Å²) in [6.45, 7) is 9.80. The van der Waals surface area contributed by atoms with E-state index in [1.54, 1.807) is 6.92 Å². The highest BCUT2D eigenvalue weighted by Gasteiger charge is 2.58. The molecule has 0 aromatic carbocycles. The van der Waals surface area contributed by atoms with E-state index in [2.05, 4.69) is 88.4 Å². The Hall–Kier alpha value is -1.38. The summed E-state index contributed by atoms with van der Waals surface area (Å²) in [6, 6.07) is 0.369. The van der Waals surface area contributed by atoms with Gasteiger partial charge in [0.1, 0.15) is 12.1 Å². The summed E-state index contributed by atoms with van der Waals surface area (Å²) in [4.78, 5) is 42.3. The van der Waals surface area contributed by atoms with Gasteiger partial charge in [-0.2, -0.15) is 5.06 Å². The summed E-state index contributed by atoms with van der Waals surface area (Å²) >= 11 is 0. The van der Waals surface area contributed by atoms with Gasteiger partial charge in [0.2, 0.25) is 11.8 Å². The van der Waals surface area contributed by atoms with Gasteiger partial charge in [-0.05, 0) is 154 Å². The van der Waals surface area contributed by atoms with Crippen molar-refractivity contribution in [3.8, 4) is 0 Å². The van der Waals surface area contributed by atoms with E-state index in [1.165, 1.54) is 32.1 Å². The first-order valence-electron chi connectivity index (χ1n) is 23.8. The maximum atomic E-state index is 14.5. The third-order valence-corrected chi connectivity index (χ3v) is 17.2. The van der Waals surface area contributed by atoms with Crippen LogP contribution in [0.2, 0.25) is 0 Å². The zero-order valence-corrected chi connectivity index (χ0v) is 38.9. The van der Waals surface area contributed by atoms with Gasteiger partial charge in [-0.15, -0.1) is 0 Å². The Morgan fingerprint density at radius 3 is 2.24 bits per heavy atom. The molecule has 1 heterocycles. The molecule has 6 saturated carbocycles. The quantitative estimate of drug-likeness (QED) is 0.177. The number of carbonyl (C=O) groups is 2. The molecule has 17 atom stereocenters. The van der Waals surface area contributed by atoms with Gasteiger partial charge < -0.3 is 40.3 Å². The molecule has 2 amide bonds. The maximum Gasteiger partial charge on any atom is 0.240 e. The number of hydroxylamine groups is 2. The Morgan fingerprint density at radius 2 is 1.63 bits per heavy atom. The number of nitrogens with one attached hydrogen (secondary N) is 2. The van der Waals surface area contributed by atoms with Crippen LogP contribution in [0.15, 0.2) is 0 Å². The molecule has 2 bridgehead atoms. The molecule has 0 aromatic heterocycles. The van der Waals surface area contributed by atoms with Crippen LogP contribution in [0.3, 0.4) is 0 Å². The molecule has 0 spiro atoms. The second kappa shape index (κ2) is 20.0. The first-order chi connectivity index (χ1) is 27.9. The van der Waals surface area contributed by atoms with Crippen molar-refractivity contribution in [2.45, 2.75) is 160 Å². The number of aliphatic hydroxyl groups is 2. The van der Waals surface area contributed by atoms with Gasteiger partial charge in [-0.25, -0.2) is 0 Å². The number of rotatable bonds is 16. The summed E-state index contributed by atoms with van der Waals surface area (Å²) in [5, 5.41) is 30.4. The number of aliphatic hydroxyl groups excluding tert-OH is 2. The van der Waals surface area contributed by atoms with E-state index in [0.29, 0.717) is 53.6 Å². The molecule has 1 aliphatic heterocycles. The fourth-order valence-electron chi connectivity index (χ4n) is 13.9. The van der Waals surface area contributed by atoms with Gasteiger partial charge in [0, 0.05) is 62.1 Å². The third-order valence-electron chi connectivity index (χ3n) is 17.2. The molecule has 7 fully saturated rings. The highest BCUT2D eigenvalue weighted by atomic mass is 16.7. The van der Waals surface area contributed by atoms with E-state index in [-0.39, 0.29) is 54.4 Å². The van der Waals surface area contributed by atoms with Crippen LogP contribution in [0.1, 0.15) is 111 Å². The lowest BCUT2D eigenvalue weighted by atomic mass is 9.45. The largest absolute Gasteiger partial charge is 0.394 e. The van der Waals surface area contributed by atoms with Crippen LogP contribution in [0, 0.1) is 58.7 Å². The number of amides is 2. The van der Waals surface area contributed by atoms with E-state index in [4.69, 9.17) is 9.57 Å². The number of likely N-dealkylation sites (N-methyl/N-ethyl adjacent to an activating group) is 1. The van der Waals surface area contributed by atoms with Crippen molar-refractivity contribution in [2.75, 3.05) is 69.1 Å². The highest BCUT2D eigenvalue weighted by molar-refractivity contribution is 5.83. The van der Waals surface area contributed by atoms with Crippen LogP contribution >= 0.6 is 0 Å². The maximum absolute atomic E-state index is 14.5. The van der Waals surface area contributed by atoms with Crippen molar-refractivity contribution in [3.05, 3.63) is 0 Å². The van der Waals surface area contributed by atoms with Crippen LogP contribution in [-0.2, 0) is 19.2 Å². The van der Waals surface area contributed by atoms with Crippen molar-refractivity contribution in [1.29, 1.82) is 0 Å². The zero-order valence-electron chi connectivity index (χ0n) is 38.9. The fourth-order valence-corrected chi connectivity index (χ4v) is 13.9. The molecule has 7 aliphatic rings. The van der Waals surface area contributed by atoms with E-state index < -0.39 is 24.2 Å². The number of hydrogen-bond acceptors (Lipinski definition) is 10. The standard InChI is InChI=1S/C47H86N6O6/c1-28-38-23-34(47(38,3)4)24-39(28)49-46(57)43-42(29(2)55)41(27-54)59-53(43)25-31-16-14-17-37(44(31)58-11)32-19-33(22-36(21-32)51(7)8)45(56)48-35(26-50(5)6)20-30-15-12-13-18-40(30)52(9)10/h28-44,54-55H,12-27H2,1-11H3,(H,48,56)(H,49,57)/t28-,29-,30?,31?,32?,33?,34+,35-,36?,37?,38-,39-,40?,41-,42+,43-,44?/m0/s1. The van der Waals surface area contributed by atoms with E-state index in [1.807, 2.05) is 12.2 Å². The summed E-state index contributed by atoms with van der Waals surface area (Å²) in [6.07, 6.45) is 12.5. The number of methoxy groups -OCH3 is 1. The summed E-state index contributed by atoms with van der Waals surface area (Å²) in [5.74, 6) is 2.34.